The summed E-state index contributed by atoms with van der Waals surface area (Å²) in [5, 5.41) is 3.07. The van der Waals surface area contributed by atoms with Gasteiger partial charge < -0.3 is 11.1 Å². The van der Waals surface area contributed by atoms with E-state index in [1.165, 1.54) is 37.7 Å². The van der Waals surface area contributed by atoms with Crippen molar-refractivity contribution >= 4 is 11.6 Å². The van der Waals surface area contributed by atoms with E-state index in [2.05, 4.69) is 12.2 Å². The van der Waals surface area contributed by atoms with Crippen LogP contribution in [0.25, 0.3) is 0 Å². The summed E-state index contributed by atoms with van der Waals surface area (Å²) in [6.07, 6.45) is 9.36. The second kappa shape index (κ2) is 8.94. The molecule has 3 nitrogen and oxygen atoms in total. The minimum Gasteiger partial charge on any atom is -0.330 e. The maximum absolute atomic E-state index is 12.4. The fourth-order valence-corrected chi connectivity index (χ4v) is 3.37. The van der Waals surface area contributed by atoms with Crippen LogP contribution >= 0.6 is 0 Å². The van der Waals surface area contributed by atoms with Crippen molar-refractivity contribution in [3.63, 3.8) is 0 Å². The van der Waals surface area contributed by atoms with E-state index < -0.39 is 0 Å². The van der Waals surface area contributed by atoms with Crippen molar-refractivity contribution in [2.75, 3.05) is 11.9 Å². The summed E-state index contributed by atoms with van der Waals surface area (Å²) >= 11 is 0. The van der Waals surface area contributed by atoms with Crippen molar-refractivity contribution in [1.29, 1.82) is 0 Å². The maximum Gasteiger partial charge on any atom is 0.227 e. The zero-order chi connectivity index (χ0) is 15.8. The highest BCUT2D eigenvalue weighted by molar-refractivity contribution is 5.92. The van der Waals surface area contributed by atoms with E-state index in [1.807, 2.05) is 24.3 Å². The second-order valence-corrected chi connectivity index (χ2v) is 6.58. The number of hydrogen-bond donors (Lipinski definition) is 2. The number of anilines is 1. The highest BCUT2D eigenvalue weighted by Crippen LogP contribution is 2.32. The number of rotatable bonds is 7. The van der Waals surface area contributed by atoms with Gasteiger partial charge in [-0.25, -0.2) is 0 Å². The zero-order valence-electron chi connectivity index (χ0n) is 13.8. The fourth-order valence-electron chi connectivity index (χ4n) is 3.37. The average molecular weight is 302 g/mol. The van der Waals surface area contributed by atoms with Gasteiger partial charge in [0.1, 0.15) is 0 Å². The third-order valence-corrected chi connectivity index (χ3v) is 4.84. The largest absolute Gasteiger partial charge is 0.330 e. The van der Waals surface area contributed by atoms with Gasteiger partial charge in [0, 0.05) is 11.6 Å². The molecule has 1 amide bonds. The van der Waals surface area contributed by atoms with Crippen molar-refractivity contribution in [3.05, 3.63) is 29.8 Å². The molecule has 0 heterocycles. The molecule has 1 aromatic carbocycles. The summed E-state index contributed by atoms with van der Waals surface area (Å²) in [5.41, 5.74) is 7.67. The maximum atomic E-state index is 12.4. The van der Waals surface area contributed by atoms with Crippen molar-refractivity contribution in [3.8, 4) is 0 Å². The molecule has 122 valence electrons. The number of hydrogen-bond acceptors (Lipinski definition) is 2. The zero-order valence-corrected chi connectivity index (χ0v) is 13.8. The molecule has 1 saturated carbocycles. The van der Waals surface area contributed by atoms with Crippen LogP contribution in [0.5, 0.6) is 0 Å². The number of nitrogens with two attached hydrogens (primary N) is 1. The molecule has 0 aliphatic heterocycles. The van der Waals surface area contributed by atoms with E-state index in [-0.39, 0.29) is 11.8 Å². The van der Waals surface area contributed by atoms with Gasteiger partial charge >= 0.3 is 0 Å². The Hall–Kier alpha value is -1.35. The molecule has 0 aromatic heterocycles. The Morgan fingerprint density at radius 3 is 2.45 bits per heavy atom. The minimum absolute atomic E-state index is 0.195. The van der Waals surface area contributed by atoms with Crippen molar-refractivity contribution in [1.82, 2.24) is 0 Å². The molecule has 1 aromatic rings. The predicted octanol–water partition coefficient (Wildman–Crippen LogP) is 4.12. The second-order valence-electron chi connectivity index (χ2n) is 6.58. The van der Waals surface area contributed by atoms with Crippen molar-refractivity contribution in [2.45, 2.75) is 58.3 Å². The van der Waals surface area contributed by atoms with Gasteiger partial charge in [-0.2, -0.15) is 0 Å². The van der Waals surface area contributed by atoms with Crippen molar-refractivity contribution in [2.24, 2.45) is 17.6 Å². The molecule has 3 N–H and O–H groups in total. The molecule has 1 fully saturated rings. The average Bonchev–Trinajstić information content (AvgIpc) is 2.55. The van der Waals surface area contributed by atoms with Crippen LogP contribution in [0.15, 0.2) is 24.3 Å². The summed E-state index contributed by atoms with van der Waals surface area (Å²) in [6, 6.07) is 8.06. The van der Waals surface area contributed by atoms with Gasteiger partial charge in [0.2, 0.25) is 5.91 Å². The first kappa shape index (κ1) is 17.0. The predicted molar refractivity (Wildman–Crippen MR) is 92.8 cm³/mol. The summed E-state index contributed by atoms with van der Waals surface area (Å²) in [7, 11) is 0. The molecule has 0 saturated heterocycles. The summed E-state index contributed by atoms with van der Waals surface area (Å²) in [6.45, 7) is 2.91. The quantitative estimate of drug-likeness (QED) is 0.796. The van der Waals surface area contributed by atoms with E-state index in [4.69, 9.17) is 5.73 Å². The topological polar surface area (TPSA) is 55.1 Å². The Labute approximate surface area is 134 Å². The molecule has 2 rings (SSSR count). The summed E-state index contributed by atoms with van der Waals surface area (Å²) < 4.78 is 0. The van der Waals surface area contributed by atoms with Crippen LogP contribution in [0.4, 0.5) is 5.69 Å². The number of unbranched alkanes of at least 4 members (excludes halogenated alkanes) is 1. The Morgan fingerprint density at radius 2 is 1.86 bits per heavy atom. The van der Waals surface area contributed by atoms with Gasteiger partial charge in [-0.15, -0.1) is 0 Å². The normalized spacial score (nSPS) is 21.5. The summed E-state index contributed by atoms with van der Waals surface area (Å²) in [5.74, 6) is 1.24. The molecule has 1 aliphatic carbocycles. The van der Waals surface area contributed by atoms with Crippen LogP contribution in [0, 0.1) is 11.8 Å². The monoisotopic (exact) mass is 302 g/mol. The van der Waals surface area contributed by atoms with E-state index >= 15 is 0 Å². The first-order valence-electron chi connectivity index (χ1n) is 8.82. The van der Waals surface area contributed by atoms with Crippen LogP contribution in [0.1, 0.15) is 57.4 Å². The van der Waals surface area contributed by atoms with Crippen LogP contribution in [0.2, 0.25) is 0 Å². The van der Waals surface area contributed by atoms with Gasteiger partial charge in [-0.1, -0.05) is 38.3 Å². The Balaban J connectivity index is 1.78. The fraction of sp³-hybridized carbons (Fsp3) is 0.632. The third-order valence-electron chi connectivity index (χ3n) is 4.84. The van der Waals surface area contributed by atoms with E-state index in [1.54, 1.807) is 0 Å². The van der Waals surface area contributed by atoms with Gasteiger partial charge in [0.05, 0.1) is 0 Å². The van der Waals surface area contributed by atoms with Crippen LogP contribution in [-0.4, -0.2) is 12.5 Å². The standard InChI is InChI=1S/C19H30N2O/c1-2-3-4-15-5-9-17(10-6-15)19(22)21-18-11-7-16(8-12-18)13-14-20/h7-8,11-12,15,17H,2-6,9-10,13-14,20H2,1H3,(H,21,22). The van der Waals surface area contributed by atoms with Gasteiger partial charge in [0.25, 0.3) is 0 Å². The smallest absolute Gasteiger partial charge is 0.227 e. The van der Waals surface area contributed by atoms with E-state index in [9.17, 15) is 4.79 Å². The summed E-state index contributed by atoms with van der Waals surface area (Å²) in [4.78, 5) is 12.4. The molecule has 0 spiro atoms. The van der Waals surface area contributed by atoms with Crippen LogP contribution in [-0.2, 0) is 11.2 Å². The van der Waals surface area contributed by atoms with Crippen molar-refractivity contribution < 1.29 is 4.79 Å². The first-order valence-corrected chi connectivity index (χ1v) is 8.82. The molecule has 22 heavy (non-hydrogen) atoms. The third kappa shape index (κ3) is 5.13. The van der Waals surface area contributed by atoms with Crippen LogP contribution in [0.3, 0.4) is 0 Å². The lowest BCUT2D eigenvalue weighted by molar-refractivity contribution is -0.121. The highest BCUT2D eigenvalue weighted by atomic mass is 16.1. The Bertz CT molecular complexity index is 447. The Kier molecular flexibility index (Phi) is 6.91. The molecule has 3 heteroatoms. The molecule has 0 bridgehead atoms. The number of carbonyl (C=O) groups excluding carboxylic acids is 1. The van der Waals surface area contributed by atoms with Crippen LogP contribution < -0.4 is 11.1 Å². The number of benzene rings is 1. The van der Waals surface area contributed by atoms with E-state index in [0.717, 1.165) is 30.9 Å². The first-order chi connectivity index (χ1) is 10.7. The molecule has 0 radical (unpaired) electrons. The lowest BCUT2D eigenvalue weighted by Crippen LogP contribution is -2.27. The van der Waals surface area contributed by atoms with Gasteiger partial charge in [0.15, 0.2) is 0 Å². The molecule has 1 aliphatic rings. The lowest BCUT2D eigenvalue weighted by atomic mass is 9.79. The SMILES string of the molecule is CCCCC1CCC(C(=O)Nc2ccc(CCN)cc2)CC1. The minimum atomic E-state index is 0.195. The molecular formula is C19H30N2O. The number of carbonyl (C=O) groups is 1. The number of nitrogens with one attached hydrogen (secondary N) is 1. The van der Waals surface area contributed by atoms with Gasteiger partial charge in [-0.3, -0.25) is 4.79 Å². The number of amides is 1. The highest BCUT2D eigenvalue weighted by Gasteiger charge is 2.25. The van der Waals surface area contributed by atoms with Gasteiger partial charge in [-0.05, 0) is 62.3 Å². The molecule has 0 unspecified atom stereocenters. The molecular weight excluding hydrogens is 272 g/mol. The Morgan fingerprint density at radius 1 is 1.18 bits per heavy atom. The lowest BCUT2D eigenvalue weighted by Gasteiger charge is -2.27. The molecule has 0 atom stereocenters. The van der Waals surface area contributed by atoms with E-state index in [0.29, 0.717) is 6.54 Å².